The van der Waals surface area contributed by atoms with Crippen molar-refractivity contribution in [3.63, 3.8) is 0 Å². The molecule has 0 saturated heterocycles. The largest absolute Gasteiger partial charge is 0.374 e. The quantitative estimate of drug-likeness (QED) is 0.587. The van der Waals surface area contributed by atoms with Crippen LogP contribution in [0.15, 0.2) is 11.1 Å². The zero-order chi connectivity index (χ0) is 11.8. The molecule has 1 rings (SSSR count). The maximum Gasteiger partial charge on any atom is 0.157 e. The van der Waals surface area contributed by atoms with Crippen LogP contribution in [-0.2, 0) is 11.3 Å². The van der Waals surface area contributed by atoms with Crippen LogP contribution in [0.25, 0.3) is 0 Å². The van der Waals surface area contributed by atoms with Crippen LogP contribution in [0.2, 0.25) is 0 Å². The van der Waals surface area contributed by atoms with Gasteiger partial charge in [-0.3, -0.25) is 0 Å². The number of aromatic nitrogens is 2. The van der Waals surface area contributed by atoms with Gasteiger partial charge in [-0.2, -0.15) is 0 Å². The van der Waals surface area contributed by atoms with Crippen molar-refractivity contribution < 1.29 is 4.74 Å². The first kappa shape index (κ1) is 13.3. The molecule has 5 heteroatoms. The smallest absolute Gasteiger partial charge is 0.157 e. The fourth-order valence-electron chi connectivity index (χ4n) is 1.18. The zero-order valence-electron chi connectivity index (χ0n) is 10.1. The first-order valence-corrected chi connectivity index (χ1v) is 6.76. The summed E-state index contributed by atoms with van der Waals surface area (Å²) < 4.78 is 5.32. The standard InChI is InChI=1S/C11H19N3OS/c1-4-6-12-9-7-11(16-3)14-10(13-9)8-15-5-2/h7H,4-6,8H2,1-3H3,(H,12,13,14). The number of nitrogens with zero attached hydrogens (tertiary/aromatic N) is 2. The monoisotopic (exact) mass is 241 g/mol. The number of nitrogens with one attached hydrogen (secondary N) is 1. The predicted molar refractivity (Wildman–Crippen MR) is 67.9 cm³/mol. The summed E-state index contributed by atoms with van der Waals surface area (Å²) in [5.41, 5.74) is 0. The minimum absolute atomic E-state index is 0.478. The highest BCUT2D eigenvalue weighted by atomic mass is 32.2. The van der Waals surface area contributed by atoms with Crippen LogP contribution < -0.4 is 5.32 Å². The van der Waals surface area contributed by atoms with Crippen molar-refractivity contribution in [2.24, 2.45) is 0 Å². The lowest BCUT2D eigenvalue weighted by Gasteiger charge is -2.08. The van der Waals surface area contributed by atoms with E-state index in [9.17, 15) is 0 Å². The van der Waals surface area contributed by atoms with Gasteiger partial charge < -0.3 is 10.1 Å². The molecule has 0 fully saturated rings. The summed E-state index contributed by atoms with van der Waals surface area (Å²) in [6.45, 7) is 6.19. The van der Waals surface area contributed by atoms with Crippen LogP contribution in [0.1, 0.15) is 26.1 Å². The molecule has 4 nitrogen and oxygen atoms in total. The average molecular weight is 241 g/mol. The van der Waals surface area contributed by atoms with E-state index in [4.69, 9.17) is 4.74 Å². The van der Waals surface area contributed by atoms with Gasteiger partial charge in [0.1, 0.15) is 17.5 Å². The predicted octanol–water partition coefficient (Wildman–Crippen LogP) is 2.56. The first-order valence-electron chi connectivity index (χ1n) is 5.53. The number of hydrogen-bond donors (Lipinski definition) is 1. The Kier molecular flexibility index (Phi) is 6.18. The molecule has 90 valence electrons. The zero-order valence-corrected chi connectivity index (χ0v) is 10.9. The second-order valence-corrected chi connectivity index (χ2v) is 4.10. The molecule has 0 unspecified atom stereocenters. The number of thioether (sulfide) groups is 1. The average Bonchev–Trinajstić information content (AvgIpc) is 2.33. The fraction of sp³-hybridized carbons (Fsp3) is 0.636. The molecule has 0 saturated carbocycles. The maximum atomic E-state index is 5.32. The molecular formula is C11H19N3OS. The van der Waals surface area contributed by atoms with Crippen LogP contribution in [0, 0.1) is 0 Å². The maximum absolute atomic E-state index is 5.32. The summed E-state index contributed by atoms with van der Waals surface area (Å²) in [5.74, 6) is 1.63. The van der Waals surface area contributed by atoms with Gasteiger partial charge in [0.25, 0.3) is 0 Å². The van der Waals surface area contributed by atoms with Crippen molar-refractivity contribution in [1.29, 1.82) is 0 Å². The van der Waals surface area contributed by atoms with E-state index >= 15 is 0 Å². The lowest BCUT2D eigenvalue weighted by atomic mass is 10.4. The van der Waals surface area contributed by atoms with Gasteiger partial charge in [-0.25, -0.2) is 9.97 Å². The Bertz CT molecular complexity index is 294. The van der Waals surface area contributed by atoms with Gasteiger partial charge in [-0.1, -0.05) is 6.92 Å². The molecule has 0 radical (unpaired) electrons. The minimum atomic E-state index is 0.478. The lowest BCUT2D eigenvalue weighted by Crippen LogP contribution is -2.06. The van der Waals surface area contributed by atoms with E-state index < -0.39 is 0 Å². The van der Waals surface area contributed by atoms with E-state index in [-0.39, 0.29) is 0 Å². The highest BCUT2D eigenvalue weighted by Crippen LogP contribution is 2.16. The fourth-order valence-corrected chi connectivity index (χ4v) is 1.60. The Morgan fingerprint density at radius 1 is 1.38 bits per heavy atom. The molecule has 0 aliphatic carbocycles. The van der Waals surface area contributed by atoms with E-state index in [1.165, 1.54) is 0 Å². The molecular weight excluding hydrogens is 222 g/mol. The third kappa shape index (κ3) is 4.37. The second-order valence-electron chi connectivity index (χ2n) is 3.28. The Morgan fingerprint density at radius 3 is 2.81 bits per heavy atom. The van der Waals surface area contributed by atoms with Gasteiger partial charge >= 0.3 is 0 Å². The summed E-state index contributed by atoms with van der Waals surface area (Å²) in [6, 6.07) is 1.97. The molecule has 0 spiro atoms. The van der Waals surface area contributed by atoms with Crippen molar-refractivity contribution >= 4 is 17.6 Å². The molecule has 16 heavy (non-hydrogen) atoms. The molecule has 1 heterocycles. The van der Waals surface area contributed by atoms with E-state index in [0.29, 0.717) is 13.2 Å². The molecule has 0 aromatic carbocycles. The third-order valence-electron chi connectivity index (χ3n) is 1.95. The Balaban J connectivity index is 2.74. The van der Waals surface area contributed by atoms with Gasteiger partial charge in [-0.15, -0.1) is 11.8 Å². The molecule has 0 atom stereocenters. The van der Waals surface area contributed by atoms with Crippen molar-refractivity contribution in [2.75, 3.05) is 24.7 Å². The van der Waals surface area contributed by atoms with Crippen molar-refractivity contribution in [2.45, 2.75) is 31.9 Å². The van der Waals surface area contributed by atoms with Gasteiger partial charge in [-0.05, 0) is 19.6 Å². The summed E-state index contributed by atoms with van der Waals surface area (Å²) in [4.78, 5) is 8.78. The minimum Gasteiger partial charge on any atom is -0.374 e. The van der Waals surface area contributed by atoms with Crippen LogP contribution in [0.4, 0.5) is 5.82 Å². The summed E-state index contributed by atoms with van der Waals surface area (Å²) in [7, 11) is 0. The number of rotatable bonds is 7. The highest BCUT2D eigenvalue weighted by Gasteiger charge is 2.03. The molecule has 0 bridgehead atoms. The van der Waals surface area contributed by atoms with E-state index in [1.807, 2.05) is 19.2 Å². The molecule has 1 aromatic heterocycles. The normalized spacial score (nSPS) is 10.4. The van der Waals surface area contributed by atoms with E-state index in [0.717, 1.165) is 29.6 Å². The van der Waals surface area contributed by atoms with Crippen molar-refractivity contribution in [1.82, 2.24) is 9.97 Å². The van der Waals surface area contributed by atoms with Gasteiger partial charge in [0.15, 0.2) is 5.82 Å². The Labute approximate surface area is 101 Å². The molecule has 0 amide bonds. The molecule has 1 N–H and O–H groups in total. The van der Waals surface area contributed by atoms with Crippen LogP contribution in [0.3, 0.4) is 0 Å². The van der Waals surface area contributed by atoms with Crippen molar-refractivity contribution in [3.8, 4) is 0 Å². The summed E-state index contributed by atoms with van der Waals surface area (Å²) in [6.07, 6.45) is 3.09. The Hall–Kier alpha value is -0.810. The number of hydrogen-bond acceptors (Lipinski definition) is 5. The van der Waals surface area contributed by atoms with Gasteiger partial charge in [0, 0.05) is 19.2 Å². The summed E-state index contributed by atoms with van der Waals surface area (Å²) in [5, 5.41) is 4.24. The molecule has 0 aliphatic heterocycles. The van der Waals surface area contributed by atoms with E-state index in [1.54, 1.807) is 11.8 Å². The number of anilines is 1. The Morgan fingerprint density at radius 2 is 2.19 bits per heavy atom. The summed E-state index contributed by atoms with van der Waals surface area (Å²) >= 11 is 1.62. The van der Waals surface area contributed by atoms with Crippen LogP contribution >= 0.6 is 11.8 Å². The lowest BCUT2D eigenvalue weighted by molar-refractivity contribution is 0.128. The SMILES string of the molecule is CCCNc1cc(SC)nc(COCC)n1. The third-order valence-corrected chi connectivity index (χ3v) is 2.58. The topological polar surface area (TPSA) is 47.0 Å². The first-order chi connectivity index (χ1) is 7.80. The molecule has 0 aliphatic rings. The molecule has 1 aromatic rings. The van der Waals surface area contributed by atoms with Crippen molar-refractivity contribution in [3.05, 3.63) is 11.9 Å². The van der Waals surface area contributed by atoms with Crippen LogP contribution in [0.5, 0.6) is 0 Å². The number of ether oxygens (including phenoxy) is 1. The van der Waals surface area contributed by atoms with Gasteiger partial charge in [0.2, 0.25) is 0 Å². The van der Waals surface area contributed by atoms with Gasteiger partial charge in [0.05, 0.1) is 0 Å². The second kappa shape index (κ2) is 7.46. The van der Waals surface area contributed by atoms with Crippen LogP contribution in [-0.4, -0.2) is 29.4 Å². The van der Waals surface area contributed by atoms with E-state index in [2.05, 4.69) is 22.2 Å². The highest BCUT2D eigenvalue weighted by molar-refractivity contribution is 7.98.